The molecule has 2 heterocycles. The number of ether oxygens (including phenoxy) is 4. The fourth-order valence-electron chi connectivity index (χ4n) is 5.42. The zero-order valence-electron chi connectivity index (χ0n) is 25.8. The van der Waals surface area contributed by atoms with Crippen LogP contribution in [0.4, 0.5) is 0 Å². The smallest absolute Gasteiger partial charge is 0.337 e. The summed E-state index contributed by atoms with van der Waals surface area (Å²) in [5, 5.41) is 2.33. The maximum absolute atomic E-state index is 14.0. The van der Waals surface area contributed by atoms with Crippen LogP contribution in [0.1, 0.15) is 36.6 Å². The van der Waals surface area contributed by atoms with E-state index in [4.69, 9.17) is 18.9 Å². The minimum absolute atomic E-state index is 0.233. The standard InChI is InChI=1S/C36H30Br2N2O6S/c1-4-44-29-13-12-25(18-30(29)45-5-2)32-26(35(42)43-3)19-39-36-40(32)34(41)31(47-36)17-22-15-27(37)33(28(38)16-22)46-20-21-10-11-23-8-6-7-9-24(23)14-21/h6-19,32H,4-5,20H2,1-3H3/b31-17-/t32-/m1/s1. The van der Waals surface area contributed by atoms with E-state index in [1.165, 1.54) is 34.6 Å². The minimum Gasteiger partial charge on any atom is -0.490 e. The van der Waals surface area contributed by atoms with Gasteiger partial charge in [-0.1, -0.05) is 53.8 Å². The molecule has 4 aromatic carbocycles. The van der Waals surface area contributed by atoms with E-state index in [9.17, 15) is 9.59 Å². The van der Waals surface area contributed by atoms with Crippen molar-refractivity contribution in [1.29, 1.82) is 0 Å². The summed E-state index contributed by atoms with van der Waals surface area (Å²) in [5.41, 5.74) is 2.43. The number of methoxy groups -OCH3 is 1. The molecule has 5 aromatic rings. The number of benzene rings is 4. The number of carbonyl (C=O) groups is 1. The van der Waals surface area contributed by atoms with Gasteiger partial charge in [0.1, 0.15) is 12.4 Å². The van der Waals surface area contributed by atoms with Crippen molar-refractivity contribution in [2.75, 3.05) is 20.3 Å². The summed E-state index contributed by atoms with van der Waals surface area (Å²) in [6, 6.07) is 22.9. The summed E-state index contributed by atoms with van der Waals surface area (Å²) in [7, 11) is 1.31. The summed E-state index contributed by atoms with van der Waals surface area (Å²) in [5.74, 6) is 1.18. The van der Waals surface area contributed by atoms with Gasteiger partial charge in [-0.3, -0.25) is 9.36 Å². The lowest BCUT2D eigenvalue weighted by Gasteiger charge is -2.23. The van der Waals surface area contributed by atoms with Crippen LogP contribution >= 0.6 is 43.2 Å². The molecule has 11 heteroatoms. The van der Waals surface area contributed by atoms with Crippen LogP contribution < -0.4 is 29.1 Å². The van der Waals surface area contributed by atoms with Crippen LogP contribution in [-0.4, -0.2) is 30.9 Å². The van der Waals surface area contributed by atoms with Crippen LogP contribution in [0.25, 0.3) is 16.8 Å². The monoisotopic (exact) mass is 776 g/mol. The van der Waals surface area contributed by atoms with Crippen molar-refractivity contribution in [3.8, 4) is 17.2 Å². The van der Waals surface area contributed by atoms with Gasteiger partial charge in [0.15, 0.2) is 16.3 Å². The van der Waals surface area contributed by atoms with Crippen molar-refractivity contribution < 1.29 is 23.7 Å². The zero-order valence-corrected chi connectivity index (χ0v) is 29.8. The van der Waals surface area contributed by atoms with Crippen LogP contribution in [0.3, 0.4) is 0 Å². The zero-order chi connectivity index (χ0) is 33.1. The molecule has 0 amide bonds. The largest absolute Gasteiger partial charge is 0.490 e. The Bertz CT molecular complexity index is 2180. The molecule has 0 aliphatic carbocycles. The SMILES string of the molecule is CCOc1ccc([C@@H]2C(C(=O)OC)=CN=c3s/c(=C\c4cc(Br)c(OCc5ccc6ccccc6c5)c(Br)c4)c(=O)n32)cc1OCC. The number of nitrogens with zero attached hydrogens (tertiary/aromatic N) is 2. The molecule has 0 bridgehead atoms. The van der Waals surface area contributed by atoms with Gasteiger partial charge in [-0.15, -0.1) is 0 Å². The molecule has 0 N–H and O–H groups in total. The van der Waals surface area contributed by atoms with Gasteiger partial charge in [0.05, 0.1) is 45.4 Å². The first-order chi connectivity index (χ1) is 22.8. The van der Waals surface area contributed by atoms with Crippen LogP contribution in [0.2, 0.25) is 0 Å². The molecule has 8 nitrogen and oxygen atoms in total. The fourth-order valence-corrected chi connectivity index (χ4v) is 7.84. The Morgan fingerprint density at radius 2 is 1.64 bits per heavy atom. The van der Waals surface area contributed by atoms with Gasteiger partial charge in [0, 0.05) is 6.20 Å². The maximum atomic E-state index is 14.0. The lowest BCUT2D eigenvalue weighted by molar-refractivity contribution is -0.136. The average Bonchev–Trinajstić information content (AvgIpc) is 3.38. The first kappa shape index (κ1) is 32.7. The van der Waals surface area contributed by atoms with E-state index >= 15 is 0 Å². The molecule has 1 aromatic heterocycles. The number of rotatable bonds is 10. The van der Waals surface area contributed by atoms with E-state index in [1.807, 2.05) is 44.2 Å². The number of thiazole rings is 1. The molecule has 0 saturated heterocycles. The third kappa shape index (κ3) is 6.79. The predicted molar refractivity (Wildman–Crippen MR) is 190 cm³/mol. The van der Waals surface area contributed by atoms with Crippen molar-refractivity contribution in [1.82, 2.24) is 4.57 Å². The first-order valence-electron chi connectivity index (χ1n) is 14.9. The van der Waals surface area contributed by atoms with E-state index in [-0.39, 0.29) is 11.1 Å². The van der Waals surface area contributed by atoms with Crippen molar-refractivity contribution in [3.63, 3.8) is 0 Å². The average molecular weight is 779 g/mol. The molecule has 1 aliphatic rings. The van der Waals surface area contributed by atoms with Crippen molar-refractivity contribution in [3.05, 3.63) is 130 Å². The van der Waals surface area contributed by atoms with Crippen molar-refractivity contribution in [2.24, 2.45) is 4.99 Å². The first-order valence-corrected chi connectivity index (χ1v) is 17.3. The lowest BCUT2D eigenvalue weighted by atomic mass is 9.97. The number of aromatic nitrogens is 1. The Hall–Kier alpha value is -4.19. The van der Waals surface area contributed by atoms with Crippen molar-refractivity contribution >= 4 is 66.0 Å². The highest BCUT2D eigenvalue weighted by Gasteiger charge is 2.31. The second-order valence-electron chi connectivity index (χ2n) is 10.5. The summed E-state index contributed by atoms with van der Waals surface area (Å²) >= 11 is 8.55. The molecule has 0 fully saturated rings. The van der Waals surface area contributed by atoms with Gasteiger partial charge in [-0.05, 0) is 110 Å². The summed E-state index contributed by atoms with van der Waals surface area (Å²) in [6.45, 7) is 5.05. The van der Waals surface area contributed by atoms with Gasteiger partial charge < -0.3 is 18.9 Å². The number of carbonyl (C=O) groups excluding carboxylic acids is 1. The third-order valence-corrected chi connectivity index (χ3v) is 9.70. The summed E-state index contributed by atoms with van der Waals surface area (Å²) in [6.07, 6.45) is 3.27. The Balaban J connectivity index is 1.35. The third-order valence-electron chi connectivity index (χ3n) is 7.52. The maximum Gasteiger partial charge on any atom is 0.337 e. The Labute approximate surface area is 291 Å². The molecule has 6 rings (SSSR count). The van der Waals surface area contributed by atoms with Crippen LogP contribution in [0.15, 0.2) is 103 Å². The Kier molecular flexibility index (Phi) is 9.95. The number of halogens is 2. The van der Waals surface area contributed by atoms with Gasteiger partial charge in [-0.2, -0.15) is 0 Å². The minimum atomic E-state index is -0.778. The molecule has 47 heavy (non-hydrogen) atoms. The van der Waals surface area contributed by atoms with Gasteiger partial charge in [0.2, 0.25) is 0 Å². The normalized spacial score (nSPS) is 14.3. The second-order valence-corrected chi connectivity index (χ2v) is 13.2. The molecule has 0 radical (unpaired) electrons. The van der Waals surface area contributed by atoms with Crippen molar-refractivity contribution in [2.45, 2.75) is 26.5 Å². The molecule has 1 aliphatic heterocycles. The predicted octanol–water partition coefficient (Wildman–Crippen LogP) is 7.07. The highest BCUT2D eigenvalue weighted by atomic mass is 79.9. The summed E-state index contributed by atoms with van der Waals surface area (Å²) in [4.78, 5) is 31.9. The van der Waals surface area contributed by atoms with E-state index in [1.54, 1.807) is 18.2 Å². The second kappa shape index (κ2) is 14.3. The quantitative estimate of drug-likeness (QED) is 0.141. The van der Waals surface area contributed by atoms with E-state index < -0.39 is 12.0 Å². The molecule has 0 saturated carbocycles. The van der Waals surface area contributed by atoms with E-state index in [0.29, 0.717) is 52.0 Å². The van der Waals surface area contributed by atoms with Crippen LogP contribution in [0.5, 0.6) is 17.2 Å². The highest BCUT2D eigenvalue weighted by molar-refractivity contribution is 9.11. The molecular weight excluding hydrogens is 748 g/mol. The summed E-state index contributed by atoms with van der Waals surface area (Å²) < 4.78 is 26.3. The highest BCUT2D eigenvalue weighted by Crippen LogP contribution is 2.37. The molecule has 1 atom stereocenters. The Morgan fingerprint density at radius 1 is 0.915 bits per heavy atom. The lowest BCUT2D eigenvalue weighted by Crippen LogP contribution is -2.39. The van der Waals surface area contributed by atoms with E-state index in [0.717, 1.165) is 25.5 Å². The molecule has 240 valence electrons. The fraction of sp³-hybridized carbons (Fsp3) is 0.194. The Morgan fingerprint density at radius 3 is 2.36 bits per heavy atom. The van der Waals surface area contributed by atoms with E-state index in [2.05, 4.69) is 67.2 Å². The number of fused-ring (bicyclic) bond motifs is 2. The van der Waals surface area contributed by atoms with Gasteiger partial charge >= 0.3 is 5.97 Å². The topological polar surface area (TPSA) is 88.4 Å². The number of esters is 1. The van der Waals surface area contributed by atoms with Gasteiger partial charge in [0.25, 0.3) is 5.56 Å². The molecule has 0 spiro atoms. The molecular formula is C36H30Br2N2O6S. The molecule has 0 unspecified atom stereocenters. The van der Waals surface area contributed by atoms with Gasteiger partial charge in [-0.25, -0.2) is 9.79 Å². The van der Waals surface area contributed by atoms with Crippen LogP contribution in [0, 0.1) is 0 Å². The number of hydrogen-bond donors (Lipinski definition) is 0. The number of hydrogen-bond acceptors (Lipinski definition) is 8. The van der Waals surface area contributed by atoms with Crippen LogP contribution in [-0.2, 0) is 16.1 Å².